The van der Waals surface area contributed by atoms with Gasteiger partial charge in [0.2, 0.25) is 0 Å². The topological polar surface area (TPSA) is 16.6 Å². The summed E-state index contributed by atoms with van der Waals surface area (Å²) in [6.07, 6.45) is 3.84. The fourth-order valence-corrected chi connectivity index (χ4v) is 2.04. The molecule has 64 valence electrons. The van der Waals surface area contributed by atoms with Crippen molar-refractivity contribution >= 4 is 0 Å². The van der Waals surface area contributed by atoms with Crippen LogP contribution in [0, 0.1) is 7.05 Å². The lowest BCUT2D eigenvalue weighted by Crippen LogP contribution is -2.78. The van der Waals surface area contributed by atoms with Crippen molar-refractivity contribution < 1.29 is 5.32 Å². The summed E-state index contributed by atoms with van der Waals surface area (Å²) in [5.41, 5.74) is 3.02. The molecule has 12 heavy (non-hydrogen) atoms. The Bertz CT molecular complexity index is 267. The number of aryl methyl sites for hydroxylation is 1. The first kappa shape index (κ1) is 7.81. The molecule has 1 unspecified atom stereocenters. The molecule has 1 aromatic carbocycles. The molecule has 0 amide bonds. The van der Waals surface area contributed by atoms with Crippen molar-refractivity contribution in [1.82, 2.24) is 0 Å². The second-order valence-corrected chi connectivity index (χ2v) is 3.43. The van der Waals surface area contributed by atoms with E-state index in [1.807, 2.05) is 0 Å². The average Bonchev–Trinajstić information content (AvgIpc) is 2.17. The highest BCUT2D eigenvalue weighted by atomic mass is 14.9. The van der Waals surface area contributed by atoms with Crippen LogP contribution in [0.3, 0.4) is 0 Å². The van der Waals surface area contributed by atoms with Crippen LogP contribution in [0.4, 0.5) is 0 Å². The minimum Gasteiger partial charge on any atom is -0.473 e. The van der Waals surface area contributed by atoms with E-state index in [0.29, 0.717) is 6.04 Å². The molecule has 1 atom stereocenters. The maximum atomic E-state index is 3.88. The first-order chi connectivity index (χ1) is 5.92. The molecule has 0 saturated heterocycles. The van der Waals surface area contributed by atoms with Crippen LogP contribution in [0.2, 0.25) is 0 Å². The van der Waals surface area contributed by atoms with E-state index < -0.39 is 0 Å². The summed E-state index contributed by atoms with van der Waals surface area (Å²) < 4.78 is 0. The normalized spacial score (nSPS) is 21.9. The molecule has 0 bridgehead atoms. The smallest absolute Gasteiger partial charge is 0.0879 e. The Balaban J connectivity index is 2.37. The molecule has 1 aliphatic rings. The molecule has 1 aromatic rings. The van der Waals surface area contributed by atoms with Gasteiger partial charge in [-0.3, -0.25) is 0 Å². The van der Waals surface area contributed by atoms with Crippen molar-refractivity contribution in [2.75, 3.05) is 0 Å². The number of rotatable bonds is 1. The molecule has 0 aliphatic heterocycles. The molecule has 0 aromatic heterocycles. The van der Waals surface area contributed by atoms with Crippen LogP contribution in [-0.4, -0.2) is 0 Å². The summed E-state index contributed by atoms with van der Waals surface area (Å²) in [5, 5.41) is 2.08. The Kier molecular flexibility index (Phi) is 2.13. The monoisotopic (exact) mass is 161 g/mol. The number of fused-ring (bicyclic) bond motifs is 1. The largest absolute Gasteiger partial charge is 0.473 e. The Labute approximate surface area is 73.8 Å². The average molecular weight is 161 g/mol. The lowest BCUT2D eigenvalue weighted by atomic mass is 9.88. The van der Waals surface area contributed by atoms with E-state index in [1.165, 1.54) is 30.4 Å². The number of hydrogen-bond acceptors (Lipinski definition) is 0. The Hall–Kier alpha value is -0.820. The molecule has 0 heterocycles. The van der Waals surface area contributed by atoms with E-state index in [4.69, 9.17) is 0 Å². The molecule has 0 spiro atoms. The van der Waals surface area contributed by atoms with Gasteiger partial charge in [0.25, 0.3) is 0 Å². The van der Waals surface area contributed by atoms with E-state index >= 15 is 0 Å². The van der Waals surface area contributed by atoms with Gasteiger partial charge in [0.15, 0.2) is 0 Å². The van der Waals surface area contributed by atoms with E-state index in [-0.39, 0.29) is 0 Å². The lowest BCUT2D eigenvalue weighted by Gasteiger charge is -2.24. The zero-order chi connectivity index (χ0) is 8.39. The van der Waals surface area contributed by atoms with Crippen molar-refractivity contribution in [1.29, 1.82) is 0 Å². The SMILES string of the molecule is [CH2-][NH2+]C1CCCc2ccccc21. The standard InChI is InChI=1S/C11H15N/c1-12-11-8-4-6-9-5-2-3-7-10(9)11/h2-3,5,7,11H,1,4,6,8,12H2. The summed E-state index contributed by atoms with van der Waals surface area (Å²) in [7, 11) is 3.88. The summed E-state index contributed by atoms with van der Waals surface area (Å²) in [6, 6.07) is 9.34. The molecule has 1 nitrogen and oxygen atoms in total. The van der Waals surface area contributed by atoms with Gasteiger partial charge < -0.3 is 5.32 Å². The summed E-state index contributed by atoms with van der Waals surface area (Å²) >= 11 is 0. The number of hydrogen-bond donors (Lipinski definition) is 1. The number of benzene rings is 1. The Morgan fingerprint density at radius 2 is 2.17 bits per heavy atom. The highest BCUT2D eigenvalue weighted by Gasteiger charge is 2.18. The predicted molar refractivity (Wildman–Crippen MR) is 49.4 cm³/mol. The minimum atomic E-state index is 0.606. The molecule has 0 radical (unpaired) electrons. The van der Waals surface area contributed by atoms with Gasteiger partial charge in [-0.25, -0.2) is 0 Å². The first-order valence-electron chi connectivity index (χ1n) is 4.62. The van der Waals surface area contributed by atoms with Gasteiger partial charge in [0.05, 0.1) is 6.04 Å². The molecular formula is C11H15N. The van der Waals surface area contributed by atoms with Crippen LogP contribution in [0.25, 0.3) is 0 Å². The second-order valence-electron chi connectivity index (χ2n) is 3.43. The van der Waals surface area contributed by atoms with Gasteiger partial charge in [-0.2, -0.15) is 7.05 Å². The van der Waals surface area contributed by atoms with Crippen LogP contribution < -0.4 is 5.32 Å². The second kappa shape index (κ2) is 3.28. The van der Waals surface area contributed by atoms with Crippen molar-refractivity contribution in [2.45, 2.75) is 25.3 Å². The fourth-order valence-electron chi connectivity index (χ4n) is 2.04. The van der Waals surface area contributed by atoms with Crippen molar-refractivity contribution in [3.05, 3.63) is 42.4 Å². The van der Waals surface area contributed by atoms with Crippen molar-refractivity contribution in [3.63, 3.8) is 0 Å². The molecule has 0 fully saturated rings. The van der Waals surface area contributed by atoms with Crippen LogP contribution in [0.1, 0.15) is 30.0 Å². The molecular weight excluding hydrogens is 146 g/mol. The fraction of sp³-hybridized carbons (Fsp3) is 0.364. The molecule has 1 aliphatic carbocycles. The molecule has 1 heteroatoms. The van der Waals surface area contributed by atoms with Gasteiger partial charge >= 0.3 is 0 Å². The van der Waals surface area contributed by atoms with Gasteiger partial charge in [-0.05, 0) is 18.4 Å². The molecule has 0 saturated carbocycles. The van der Waals surface area contributed by atoms with Gasteiger partial charge in [0, 0.05) is 12.0 Å². The van der Waals surface area contributed by atoms with Gasteiger partial charge in [-0.15, -0.1) is 0 Å². The van der Waals surface area contributed by atoms with E-state index in [9.17, 15) is 0 Å². The van der Waals surface area contributed by atoms with E-state index in [2.05, 4.69) is 36.6 Å². The summed E-state index contributed by atoms with van der Waals surface area (Å²) in [6.45, 7) is 0. The van der Waals surface area contributed by atoms with E-state index in [1.54, 1.807) is 0 Å². The van der Waals surface area contributed by atoms with Crippen LogP contribution in [0.5, 0.6) is 0 Å². The third-order valence-electron chi connectivity index (χ3n) is 2.70. The number of quaternary nitrogens is 1. The maximum Gasteiger partial charge on any atom is 0.0879 e. The van der Waals surface area contributed by atoms with Gasteiger partial charge in [-0.1, -0.05) is 24.3 Å². The van der Waals surface area contributed by atoms with Crippen molar-refractivity contribution in [2.24, 2.45) is 0 Å². The molecule has 2 N–H and O–H groups in total. The third-order valence-corrected chi connectivity index (χ3v) is 2.70. The van der Waals surface area contributed by atoms with Gasteiger partial charge in [0.1, 0.15) is 0 Å². The minimum absolute atomic E-state index is 0.606. The van der Waals surface area contributed by atoms with Crippen LogP contribution in [-0.2, 0) is 6.42 Å². The summed E-state index contributed by atoms with van der Waals surface area (Å²) in [5.74, 6) is 0. The highest BCUT2D eigenvalue weighted by molar-refractivity contribution is 5.30. The van der Waals surface area contributed by atoms with Crippen LogP contribution >= 0.6 is 0 Å². The molecule has 2 rings (SSSR count). The number of nitrogens with two attached hydrogens (primary N) is 1. The zero-order valence-electron chi connectivity index (χ0n) is 7.29. The quantitative estimate of drug-likeness (QED) is 0.600. The third kappa shape index (κ3) is 1.25. The van der Waals surface area contributed by atoms with E-state index in [0.717, 1.165) is 0 Å². The maximum absolute atomic E-state index is 3.88. The lowest BCUT2D eigenvalue weighted by molar-refractivity contribution is -0.642. The summed E-state index contributed by atoms with van der Waals surface area (Å²) in [4.78, 5) is 0. The highest BCUT2D eigenvalue weighted by Crippen LogP contribution is 2.26. The Morgan fingerprint density at radius 1 is 1.33 bits per heavy atom. The first-order valence-corrected chi connectivity index (χ1v) is 4.62. The van der Waals surface area contributed by atoms with Crippen LogP contribution in [0.15, 0.2) is 24.3 Å². The van der Waals surface area contributed by atoms with Crippen molar-refractivity contribution in [3.8, 4) is 0 Å². The Morgan fingerprint density at radius 3 is 3.00 bits per heavy atom. The predicted octanol–water partition coefficient (Wildman–Crippen LogP) is 1.42. The zero-order valence-corrected chi connectivity index (χ0v) is 7.29.